The molecule has 1 aromatic rings. The van der Waals surface area contributed by atoms with Crippen LogP contribution in [0.5, 0.6) is 0 Å². The van der Waals surface area contributed by atoms with E-state index in [9.17, 15) is 8.42 Å². The van der Waals surface area contributed by atoms with Crippen LogP contribution >= 0.6 is 0 Å². The fourth-order valence-electron chi connectivity index (χ4n) is 1.11. The fourth-order valence-corrected chi connectivity index (χ4v) is 2.04. The number of aryl methyl sites for hydroxylation is 1. The fraction of sp³-hybridized carbons (Fsp3) is 0.625. The highest BCUT2D eigenvalue weighted by Crippen LogP contribution is 2.08. The van der Waals surface area contributed by atoms with E-state index >= 15 is 0 Å². The Morgan fingerprint density at radius 1 is 1.62 bits per heavy atom. The van der Waals surface area contributed by atoms with Crippen molar-refractivity contribution in [2.24, 2.45) is 7.05 Å². The molecule has 0 saturated carbocycles. The molecule has 0 radical (unpaired) electrons. The van der Waals surface area contributed by atoms with Crippen molar-refractivity contribution in [3.63, 3.8) is 0 Å². The standard InChI is InChI=1S/C8H16N4O3S/c1-11-7-8(6-9-11)10-16(14,15)12(2)4-3-5-13/h6-7,10,13H,3-5H2,1-2H3. The van der Waals surface area contributed by atoms with Crippen LogP contribution in [0, 0.1) is 0 Å². The number of rotatable bonds is 6. The Kier molecular flexibility index (Phi) is 4.27. The van der Waals surface area contributed by atoms with Crippen LogP contribution in [0.25, 0.3) is 0 Å². The molecule has 16 heavy (non-hydrogen) atoms. The Labute approximate surface area is 94.9 Å². The molecule has 1 aromatic heterocycles. The molecule has 0 aliphatic heterocycles. The highest BCUT2D eigenvalue weighted by molar-refractivity contribution is 7.90. The van der Waals surface area contributed by atoms with Gasteiger partial charge in [-0.2, -0.15) is 17.8 Å². The van der Waals surface area contributed by atoms with Gasteiger partial charge >= 0.3 is 10.2 Å². The lowest BCUT2D eigenvalue weighted by molar-refractivity contribution is 0.276. The van der Waals surface area contributed by atoms with Crippen molar-refractivity contribution in [2.45, 2.75) is 6.42 Å². The molecule has 0 fully saturated rings. The molecule has 0 aliphatic carbocycles. The Balaban J connectivity index is 2.64. The van der Waals surface area contributed by atoms with E-state index in [0.717, 1.165) is 4.31 Å². The number of aromatic nitrogens is 2. The van der Waals surface area contributed by atoms with Crippen molar-refractivity contribution in [1.29, 1.82) is 0 Å². The lowest BCUT2D eigenvalue weighted by Crippen LogP contribution is -2.33. The topological polar surface area (TPSA) is 87.5 Å². The van der Waals surface area contributed by atoms with Crippen molar-refractivity contribution in [2.75, 3.05) is 24.9 Å². The third-order valence-electron chi connectivity index (χ3n) is 1.99. The lowest BCUT2D eigenvalue weighted by atomic mass is 10.5. The third kappa shape index (κ3) is 3.47. The maximum absolute atomic E-state index is 11.7. The Morgan fingerprint density at radius 2 is 2.31 bits per heavy atom. The minimum atomic E-state index is -3.55. The van der Waals surface area contributed by atoms with Gasteiger partial charge in [0.15, 0.2) is 0 Å². The van der Waals surface area contributed by atoms with Gasteiger partial charge in [-0.05, 0) is 6.42 Å². The molecule has 1 rings (SSSR count). The van der Waals surface area contributed by atoms with E-state index in [-0.39, 0.29) is 13.2 Å². The van der Waals surface area contributed by atoms with Crippen LogP contribution in [0.1, 0.15) is 6.42 Å². The number of hydrogen-bond donors (Lipinski definition) is 2. The molecule has 2 N–H and O–H groups in total. The molecule has 0 unspecified atom stereocenters. The normalized spacial score (nSPS) is 12.0. The first kappa shape index (κ1) is 12.9. The van der Waals surface area contributed by atoms with E-state index in [1.54, 1.807) is 13.2 Å². The summed E-state index contributed by atoms with van der Waals surface area (Å²) in [6.07, 6.45) is 3.40. The smallest absolute Gasteiger partial charge is 0.301 e. The molecule has 0 aliphatic rings. The van der Waals surface area contributed by atoms with E-state index in [4.69, 9.17) is 5.11 Å². The van der Waals surface area contributed by atoms with E-state index in [1.807, 2.05) is 0 Å². The first-order valence-electron chi connectivity index (χ1n) is 4.79. The summed E-state index contributed by atoms with van der Waals surface area (Å²) in [6, 6.07) is 0. The molecule has 7 nitrogen and oxygen atoms in total. The number of aliphatic hydroxyl groups excluding tert-OH is 1. The second-order valence-electron chi connectivity index (χ2n) is 3.41. The van der Waals surface area contributed by atoms with Gasteiger partial charge in [-0.25, -0.2) is 0 Å². The van der Waals surface area contributed by atoms with Crippen molar-refractivity contribution in [1.82, 2.24) is 14.1 Å². The summed E-state index contributed by atoms with van der Waals surface area (Å²) >= 11 is 0. The summed E-state index contributed by atoms with van der Waals surface area (Å²) < 4.78 is 28.5. The van der Waals surface area contributed by atoms with Crippen LogP contribution in [-0.2, 0) is 17.3 Å². The van der Waals surface area contributed by atoms with Crippen LogP contribution in [0.4, 0.5) is 5.69 Å². The monoisotopic (exact) mass is 248 g/mol. The number of aliphatic hydroxyl groups is 1. The lowest BCUT2D eigenvalue weighted by Gasteiger charge is -2.16. The maximum Gasteiger partial charge on any atom is 0.301 e. The SMILES string of the molecule is CN(CCCO)S(=O)(=O)Nc1cnn(C)c1. The maximum atomic E-state index is 11.7. The molecular formula is C8H16N4O3S. The average molecular weight is 248 g/mol. The van der Waals surface area contributed by atoms with Crippen LogP contribution in [-0.4, -0.2) is 47.8 Å². The Morgan fingerprint density at radius 3 is 2.81 bits per heavy atom. The summed E-state index contributed by atoms with van der Waals surface area (Å²) in [7, 11) is -0.399. The van der Waals surface area contributed by atoms with Crippen LogP contribution in [0.15, 0.2) is 12.4 Å². The van der Waals surface area contributed by atoms with Crippen molar-refractivity contribution >= 4 is 15.9 Å². The molecule has 92 valence electrons. The molecule has 1 heterocycles. The second-order valence-corrected chi connectivity index (χ2v) is 5.19. The number of hydrogen-bond acceptors (Lipinski definition) is 4. The molecule has 0 saturated heterocycles. The van der Waals surface area contributed by atoms with Gasteiger partial charge in [-0.15, -0.1) is 0 Å². The zero-order chi connectivity index (χ0) is 12.2. The molecule has 8 heteroatoms. The van der Waals surface area contributed by atoms with Gasteiger partial charge in [0, 0.05) is 33.4 Å². The molecule has 0 aromatic carbocycles. The summed E-state index contributed by atoms with van der Waals surface area (Å²) in [5, 5.41) is 12.5. The molecule has 0 spiro atoms. The number of nitrogens with zero attached hydrogens (tertiary/aromatic N) is 3. The average Bonchev–Trinajstić information content (AvgIpc) is 2.59. The minimum absolute atomic E-state index is 0.0350. The molecule has 0 bridgehead atoms. The van der Waals surface area contributed by atoms with Crippen LogP contribution in [0.3, 0.4) is 0 Å². The van der Waals surface area contributed by atoms with Gasteiger partial charge in [0.1, 0.15) is 0 Å². The minimum Gasteiger partial charge on any atom is -0.396 e. The summed E-state index contributed by atoms with van der Waals surface area (Å²) in [5.74, 6) is 0. The van der Waals surface area contributed by atoms with Gasteiger partial charge in [-0.1, -0.05) is 0 Å². The predicted octanol–water partition coefficient (Wildman–Crippen LogP) is -0.609. The van der Waals surface area contributed by atoms with Gasteiger partial charge in [0.25, 0.3) is 0 Å². The van der Waals surface area contributed by atoms with E-state index in [2.05, 4.69) is 9.82 Å². The van der Waals surface area contributed by atoms with Crippen LogP contribution < -0.4 is 4.72 Å². The van der Waals surface area contributed by atoms with Crippen molar-refractivity contribution < 1.29 is 13.5 Å². The van der Waals surface area contributed by atoms with Gasteiger partial charge in [0.05, 0.1) is 11.9 Å². The first-order chi connectivity index (χ1) is 7.45. The summed E-state index contributed by atoms with van der Waals surface area (Å²) in [4.78, 5) is 0. The summed E-state index contributed by atoms with van der Waals surface area (Å²) in [6.45, 7) is 0.235. The predicted molar refractivity (Wildman–Crippen MR) is 60.1 cm³/mol. The van der Waals surface area contributed by atoms with Crippen molar-refractivity contribution in [3.8, 4) is 0 Å². The summed E-state index contributed by atoms with van der Waals surface area (Å²) in [5.41, 5.74) is 0.415. The largest absolute Gasteiger partial charge is 0.396 e. The van der Waals surface area contributed by atoms with E-state index in [1.165, 1.54) is 17.9 Å². The van der Waals surface area contributed by atoms with E-state index < -0.39 is 10.2 Å². The Hall–Kier alpha value is -1.12. The molecular weight excluding hydrogens is 232 g/mol. The molecule has 0 atom stereocenters. The van der Waals surface area contributed by atoms with Crippen LogP contribution in [0.2, 0.25) is 0 Å². The van der Waals surface area contributed by atoms with Gasteiger partial charge in [0.2, 0.25) is 0 Å². The highest BCUT2D eigenvalue weighted by atomic mass is 32.2. The zero-order valence-electron chi connectivity index (χ0n) is 9.29. The first-order valence-corrected chi connectivity index (χ1v) is 6.23. The number of nitrogens with one attached hydrogen (secondary N) is 1. The third-order valence-corrected chi connectivity index (χ3v) is 3.49. The molecule has 0 amide bonds. The van der Waals surface area contributed by atoms with Crippen molar-refractivity contribution in [3.05, 3.63) is 12.4 Å². The number of anilines is 1. The second kappa shape index (κ2) is 5.28. The quantitative estimate of drug-likeness (QED) is 0.703. The Bertz CT molecular complexity index is 428. The van der Waals surface area contributed by atoms with E-state index in [0.29, 0.717) is 12.1 Å². The van der Waals surface area contributed by atoms with Gasteiger partial charge < -0.3 is 5.11 Å². The highest BCUT2D eigenvalue weighted by Gasteiger charge is 2.17. The van der Waals surface area contributed by atoms with Gasteiger partial charge in [-0.3, -0.25) is 9.40 Å². The zero-order valence-corrected chi connectivity index (χ0v) is 10.1.